The third-order valence-electron chi connectivity index (χ3n) is 5.16. The smallest absolute Gasteiger partial charge is 0.269 e. The fourth-order valence-electron chi connectivity index (χ4n) is 3.78. The van der Waals surface area contributed by atoms with E-state index in [1.54, 1.807) is 24.4 Å². The van der Waals surface area contributed by atoms with Crippen LogP contribution in [-0.4, -0.2) is 19.4 Å². The van der Waals surface area contributed by atoms with E-state index in [9.17, 15) is 12.8 Å². The van der Waals surface area contributed by atoms with Crippen LogP contribution < -0.4 is 5.32 Å². The lowest BCUT2D eigenvalue weighted by Crippen LogP contribution is -2.16. The highest BCUT2D eigenvalue weighted by atomic mass is 35.5. The molecule has 152 valence electrons. The van der Waals surface area contributed by atoms with Crippen LogP contribution >= 0.6 is 34.8 Å². The zero-order chi connectivity index (χ0) is 20.9. The molecule has 0 bridgehead atoms. The number of benzene rings is 2. The van der Waals surface area contributed by atoms with E-state index in [2.05, 4.69) is 5.32 Å². The quantitative estimate of drug-likeness (QED) is 0.495. The molecule has 0 radical (unpaired) electrons. The normalized spacial score (nSPS) is 16.2. The molecule has 0 aliphatic heterocycles. The topological polar surface area (TPSA) is 51.1 Å². The average Bonchev–Trinajstić information content (AvgIpc) is 3.24. The largest absolute Gasteiger partial charge is 0.313 e. The second-order valence-electron chi connectivity index (χ2n) is 6.77. The van der Waals surface area contributed by atoms with Crippen molar-refractivity contribution in [2.24, 2.45) is 0 Å². The van der Waals surface area contributed by atoms with Gasteiger partial charge in [-0.3, -0.25) is 0 Å². The van der Waals surface area contributed by atoms with Gasteiger partial charge in [0.15, 0.2) is 0 Å². The van der Waals surface area contributed by atoms with Crippen molar-refractivity contribution in [1.29, 1.82) is 0 Å². The van der Waals surface area contributed by atoms with Gasteiger partial charge in [0.2, 0.25) is 0 Å². The van der Waals surface area contributed by atoms with Crippen LogP contribution in [-0.2, 0) is 16.4 Å². The summed E-state index contributed by atoms with van der Waals surface area (Å²) < 4.78 is 42.9. The van der Waals surface area contributed by atoms with Gasteiger partial charge in [-0.05, 0) is 55.3 Å². The van der Waals surface area contributed by atoms with Crippen molar-refractivity contribution in [1.82, 2.24) is 9.29 Å². The molecule has 9 heteroatoms. The van der Waals surface area contributed by atoms with E-state index in [0.717, 1.165) is 21.5 Å². The zero-order valence-electron chi connectivity index (χ0n) is 15.2. The van der Waals surface area contributed by atoms with E-state index in [1.165, 1.54) is 18.2 Å². The Kier molecular flexibility index (Phi) is 5.42. The number of aromatic nitrogens is 1. The Morgan fingerprint density at radius 1 is 1.10 bits per heavy atom. The summed E-state index contributed by atoms with van der Waals surface area (Å²) >= 11 is 18.2. The summed E-state index contributed by atoms with van der Waals surface area (Å²) in [5.74, 6) is -0.502. The van der Waals surface area contributed by atoms with Crippen LogP contribution in [0.4, 0.5) is 4.39 Å². The number of hydrogen-bond acceptors (Lipinski definition) is 3. The van der Waals surface area contributed by atoms with E-state index < -0.39 is 15.8 Å². The molecule has 1 atom stereocenters. The lowest BCUT2D eigenvalue weighted by atomic mass is 10.1. The van der Waals surface area contributed by atoms with E-state index >= 15 is 0 Å². The van der Waals surface area contributed by atoms with Crippen molar-refractivity contribution in [3.63, 3.8) is 0 Å². The van der Waals surface area contributed by atoms with Crippen LogP contribution in [0.25, 0.3) is 11.3 Å². The fourth-order valence-corrected chi connectivity index (χ4v) is 6.17. The summed E-state index contributed by atoms with van der Waals surface area (Å²) in [6.07, 6.45) is 2.97. The number of rotatable bonds is 4. The second kappa shape index (κ2) is 7.60. The highest BCUT2D eigenvalue weighted by Gasteiger charge is 2.34. The van der Waals surface area contributed by atoms with E-state index in [0.29, 0.717) is 12.1 Å². The summed E-state index contributed by atoms with van der Waals surface area (Å²) in [5, 5.41) is 3.33. The molecule has 0 fully saturated rings. The Morgan fingerprint density at radius 2 is 1.79 bits per heavy atom. The summed E-state index contributed by atoms with van der Waals surface area (Å²) in [7, 11) is -2.36. The Labute approximate surface area is 183 Å². The van der Waals surface area contributed by atoms with Crippen LogP contribution in [0.1, 0.15) is 23.6 Å². The molecule has 0 saturated heterocycles. The van der Waals surface area contributed by atoms with Crippen molar-refractivity contribution in [3.8, 4) is 11.3 Å². The summed E-state index contributed by atoms with van der Waals surface area (Å²) in [6, 6.07) is 8.60. The Bertz CT molecular complexity index is 1220. The summed E-state index contributed by atoms with van der Waals surface area (Å²) in [5.41, 5.74) is 2.14. The highest BCUT2D eigenvalue weighted by Crippen LogP contribution is 2.42. The molecule has 3 aromatic rings. The Hall–Kier alpha value is -1.57. The highest BCUT2D eigenvalue weighted by molar-refractivity contribution is 7.90. The molecule has 4 nitrogen and oxygen atoms in total. The first-order valence-electron chi connectivity index (χ1n) is 8.82. The molecule has 29 heavy (non-hydrogen) atoms. The first-order valence-corrected chi connectivity index (χ1v) is 11.4. The maximum absolute atomic E-state index is 14.7. The number of fused-ring (bicyclic) bond motifs is 1. The van der Waals surface area contributed by atoms with Crippen molar-refractivity contribution < 1.29 is 12.8 Å². The molecule has 0 spiro atoms. The number of halogens is 4. The predicted octanol–water partition coefficient (Wildman–Crippen LogP) is 5.70. The van der Waals surface area contributed by atoms with Gasteiger partial charge in [-0.15, -0.1) is 0 Å². The van der Waals surface area contributed by atoms with Gasteiger partial charge in [-0.1, -0.05) is 46.9 Å². The summed E-state index contributed by atoms with van der Waals surface area (Å²) in [4.78, 5) is -0.194. The standard InChI is InChI=1S/C20H16Cl3FN2O2S/c1-25-18-7-6-11-13(18)10-26(20(11)12-4-2-3-5-17(12)24)29(27,28)19-9-15(22)14(21)8-16(19)23/h2-5,8-10,18,25H,6-7H2,1H3. The van der Waals surface area contributed by atoms with Crippen LogP contribution in [0, 0.1) is 5.82 Å². The second-order valence-corrected chi connectivity index (χ2v) is 9.77. The molecule has 2 aromatic carbocycles. The minimum atomic E-state index is -4.17. The molecular formula is C20H16Cl3FN2O2S. The molecule has 1 heterocycles. The van der Waals surface area contributed by atoms with Crippen LogP contribution in [0.3, 0.4) is 0 Å². The van der Waals surface area contributed by atoms with Crippen molar-refractivity contribution in [3.05, 3.63) is 74.6 Å². The van der Waals surface area contributed by atoms with Crippen LogP contribution in [0.5, 0.6) is 0 Å². The summed E-state index contributed by atoms with van der Waals surface area (Å²) in [6.45, 7) is 0. The van der Waals surface area contributed by atoms with E-state index in [1.807, 2.05) is 7.05 Å². The minimum absolute atomic E-state index is 0.0174. The lowest BCUT2D eigenvalue weighted by Gasteiger charge is -2.15. The molecule has 1 aliphatic carbocycles. The van der Waals surface area contributed by atoms with Gasteiger partial charge in [-0.2, -0.15) is 0 Å². The molecule has 1 aromatic heterocycles. The van der Waals surface area contributed by atoms with Gasteiger partial charge in [0, 0.05) is 17.8 Å². The SMILES string of the molecule is CNC1CCc2c1cn(S(=O)(=O)c1cc(Cl)c(Cl)cc1Cl)c2-c1ccccc1F. The number of nitrogens with one attached hydrogen (secondary N) is 1. The van der Waals surface area contributed by atoms with Crippen molar-refractivity contribution in [2.75, 3.05) is 7.05 Å². The van der Waals surface area contributed by atoms with Gasteiger partial charge in [0.05, 0.1) is 20.8 Å². The predicted molar refractivity (Wildman–Crippen MR) is 114 cm³/mol. The molecular weight excluding hydrogens is 458 g/mol. The fraction of sp³-hybridized carbons (Fsp3) is 0.200. The monoisotopic (exact) mass is 472 g/mol. The van der Waals surface area contributed by atoms with Crippen LogP contribution in [0.2, 0.25) is 15.1 Å². The number of hydrogen-bond donors (Lipinski definition) is 1. The maximum Gasteiger partial charge on any atom is 0.269 e. The number of nitrogens with zero attached hydrogens (tertiary/aromatic N) is 1. The van der Waals surface area contributed by atoms with Gasteiger partial charge in [0.25, 0.3) is 10.0 Å². The molecule has 1 aliphatic rings. The van der Waals surface area contributed by atoms with Crippen molar-refractivity contribution >= 4 is 44.8 Å². The van der Waals surface area contributed by atoms with Gasteiger partial charge < -0.3 is 5.32 Å². The van der Waals surface area contributed by atoms with E-state index in [4.69, 9.17) is 34.8 Å². The third-order valence-corrected chi connectivity index (χ3v) is 8.00. The zero-order valence-corrected chi connectivity index (χ0v) is 18.3. The first kappa shape index (κ1) is 20.7. The molecule has 4 rings (SSSR count). The Morgan fingerprint density at radius 3 is 2.48 bits per heavy atom. The van der Waals surface area contributed by atoms with Gasteiger partial charge in [0.1, 0.15) is 10.7 Å². The van der Waals surface area contributed by atoms with E-state index in [-0.39, 0.29) is 31.6 Å². The minimum Gasteiger partial charge on any atom is -0.313 e. The lowest BCUT2D eigenvalue weighted by molar-refractivity contribution is 0.578. The molecule has 1 N–H and O–H groups in total. The third kappa shape index (κ3) is 3.37. The van der Waals surface area contributed by atoms with Crippen LogP contribution in [0.15, 0.2) is 47.5 Å². The molecule has 0 saturated carbocycles. The van der Waals surface area contributed by atoms with Gasteiger partial charge in [-0.25, -0.2) is 16.8 Å². The van der Waals surface area contributed by atoms with Crippen molar-refractivity contribution in [2.45, 2.75) is 23.8 Å². The molecule has 1 unspecified atom stereocenters. The average molecular weight is 474 g/mol. The van der Waals surface area contributed by atoms with Gasteiger partial charge >= 0.3 is 0 Å². The maximum atomic E-state index is 14.7. The Balaban J connectivity index is 2.02. The molecule has 0 amide bonds. The first-order chi connectivity index (χ1) is 13.8.